The van der Waals surface area contributed by atoms with Gasteiger partial charge in [0, 0.05) is 11.3 Å². The summed E-state index contributed by atoms with van der Waals surface area (Å²) in [6, 6.07) is 6.29. The minimum atomic E-state index is -3.46. The molecule has 0 radical (unpaired) electrons. The Kier molecular flexibility index (Phi) is 10.4. The summed E-state index contributed by atoms with van der Waals surface area (Å²) in [7, 11) is 1.03. The average Bonchev–Trinajstić information content (AvgIpc) is 3.16. The summed E-state index contributed by atoms with van der Waals surface area (Å²) in [6.45, 7) is -4.20. The summed E-state index contributed by atoms with van der Waals surface area (Å²) in [5.74, 6) is -6.74. The third-order valence-corrected chi connectivity index (χ3v) is 7.04. The maximum Gasteiger partial charge on any atom is 0.329 e. The molecule has 1 aromatic carbocycles. The van der Waals surface area contributed by atoms with Crippen molar-refractivity contribution < 1.29 is 64.1 Å². The van der Waals surface area contributed by atoms with Crippen molar-refractivity contribution >= 4 is 41.0 Å². The molecule has 204 valence electrons. The zero-order valence-corrected chi connectivity index (χ0v) is 20.3. The number of Topliss-reactive ketones (excluding diaryl/α,β-unsaturated/α-hetero) is 3. The highest BCUT2D eigenvalue weighted by molar-refractivity contribution is 7.99. The lowest BCUT2D eigenvalue weighted by Gasteiger charge is -2.38. The second kappa shape index (κ2) is 12.7. The van der Waals surface area contributed by atoms with Crippen LogP contribution in [0.1, 0.15) is 10.4 Å². The maximum atomic E-state index is 12.6. The van der Waals surface area contributed by atoms with Crippen molar-refractivity contribution in [2.75, 3.05) is 32.7 Å². The monoisotopic (exact) mass is 545 g/mol. The first-order valence-electron chi connectivity index (χ1n) is 10.7. The fraction of sp³-hybridized carbons (Fsp3) is 0.500. The molecule has 1 aromatic rings. The molecule has 0 aromatic heterocycles. The van der Waals surface area contributed by atoms with Crippen molar-refractivity contribution in [2.24, 2.45) is 0 Å². The molecule has 1 aliphatic rings. The molecule has 0 spiro atoms. The van der Waals surface area contributed by atoms with Gasteiger partial charge in [0.15, 0.2) is 28.6 Å². The van der Waals surface area contributed by atoms with Gasteiger partial charge in [0.2, 0.25) is 0 Å². The molecule has 2 rings (SSSR count). The van der Waals surface area contributed by atoms with E-state index in [1.807, 2.05) is 0 Å². The molecule has 0 bridgehead atoms. The number of ketones is 3. The van der Waals surface area contributed by atoms with Gasteiger partial charge in [0.25, 0.3) is 5.91 Å². The predicted octanol–water partition coefficient (Wildman–Crippen LogP) is -4.08. The van der Waals surface area contributed by atoms with Gasteiger partial charge in [-0.2, -0.15) is 0 Å². The molecular weight excluding hydrogens is 518 g/mol. The predicted molar refractivity (Wildman–Crippen MR) is 123 cm³/mol. The maximum absolute atomic E-state index is 12.6. The van der Waals surface area contributed by atoms with Crippen LogP contribution in [0.3, 0.4) is 0 Å². The number of nitrogens with one attached hydrogen (secondary N) is 1. The summed E-state index contributed by atoms with van der Waals surface area (Å²) in [4.78, 5) is 61.9. The second-order valence-electron chi connectivity index (χ2n) is 7.90. The summed E-state index contributed by atoms with van der Waals surface area (Å²) < 4.78 is 9.99. The molecule has 37 heavy (non-hydrogen) atoms. The standard InChI is InChI=1S/C22H27NO13S/c1-35-19(32)12(23-18(31)11-5-3-2-4-6-11)10-37-20-22(34,15(29)9-26)21(33,14(28)8-25)17(36-20)16(30)13(27)7-24/h2-6,12,16-17,20,24-26,30,33-34H,7-10H2,1H3,(H,23,31)/t12-,16?,17+,20?,21+,22-/m0/s1. The lowest BCUT2D eigenvalue weighted by molar-refractivity contribution is -0.186. The number of benzene rings is 1. The minimum Gasteiger partial charge on any atom is -0.467 e. The molecule has 1 heterocycles. The van der Waals surface area contributed by atoms with Crippen LogP contribution in [-0.4, -0.2) is 127 Å². The Labute approximate surface area is 214 Å². The van der Waals surface area contributed by atoms with Gasteiger partial charge in [-0.1, -0.05) is 18.2 Å². The summed E-state index contributed by atoms with van der Waals surface area (Å²) in [5.41, 5.74) is -8.66. The smallest absolute Gasteiger partial charge is 0.329 e. The first-order chi connectivity index (χ1) is 17.4. The van der Waals surface area contributed by atoms with Crippen LogP contribution in [-0.2, 0) is 28.7 Å². The van der Waals surface area contributed by atoms with E-state index in [1.54, 1.807) is 18.2 Å². The van der Waals surface area contributed by atoms with Crippen molar-refractivity contribution in [2.45, 2.75) is 34.9 Å². The summed E-state index contributed by atoms with van der Waals surface area (Å²) in [5, 5.41) is 63.0. The second-order valence-corrected chi connectivity index (χ2v) is 9.00. The zero-order chi connectivity index (χ0) is 28.0. The van der Waals surface area contributed by atoms with E-state index in [1.165, 1.54) is 12.1 Å². The van der Waals surface area contributed by atoms with E-state index in [0.717, 1.165) is 7.11 Å². The van der Waals surface area contributed by atoms with E-state index in [2.05, 4.69) is 10.1 Å². The van der Waals surface area contributed by atoms with Crippen molar-refractivity contribution in [1.82, 2.24) is 5.32 Å². The molecule has 1 fully saturated rings. The number of esters is 1. The number of aliphatic hydroxyl groups is 6. The van der Waals surface area contributed by atoms with Gasteiger partial charge >= 0.3 is 5.97 Å². The molecule has 6 atom stereocenters. The van der Waals surface area contributed by atoms with Gasteiger partial charge in [-0.3, -0.25) is 19.2 Å². The van der Waals surface area contributed by atoms with Crippen LogP contribution in [0, 0.1) is 0 Å². The topological polar surface area (TPSA) is 237 Å². The van der Waals surface area contributed by atoms with Crippen molar-refractivity contribution in [3.05, 3.63) is 35.9 Å². The quantitative estimate of drug-likeness (QED) is 0.117. The molecule has 0 aliphatic carbocycles. The molecule has 1 saturated heterocycles. The number of methoxy groups -OCH3 is 1. The number of rotatable bonds is 13. The summed E-state index contributed by atoms with van der Waals surface area (Å²) in [6.07, 6.45) is -4.83. The third-order valence-electron chi connectivity index (χ3n) is 5.76. The highest BCUT2D eigenvalue weighted by Gasteiger charge is 2.74. The van der Waals surface area contributed by atoms with E-state index < -0.39 is 89.7 Å². The highest BCUT2D eigenvalue weighted by Crippen LogP contribution is 2.47. The number of amides is 1. The fourth-order valence-corrected chi connectivity index (χ4v) is 5.07. The van der Waals surface area contributed by atoms with E-state index in [0.29, 0.717) is 11.8 Å². The number of aliphatic hydroxyl groups excluding tert-OH is 4. The average molecular weight is 546 g/mol. The van der Waals surface area contributed by atoms with Crippen LogP contribution < -0.4 is 5.32 Å². The fourth-order valence-electron chi connectivity index (χ4n) is 3.73. The number of ether oxygens (including phenoxy) is 2. The van der Waals surface area contributed by atoms with E-state index in [9.17, 15) is 49.5 Å². The number of hydrogen-bond acceptors (Lipinski definition) is 14. The lowest BCUT2D eigenvalue weighted by atomic mass is 9.73. The van der Waals surface area contributed by atoms with Gasteiger partial charge in [-0.15, -0.1) is 11.8 Å². The van der Waals surface area contributed by atoms with Crippen LogP contribution >= 0.6 is 11.8 Å². The van der Waals surface area contributed by atoms with E-state index in [-0.39, 0.29) is 5.56 Å². The Morgan fingerprint density at radius 3 is 2.08 bits per heavy atom. The Balaban J connectivity index is 2.44. The van der Waals surface area contributed by atoms with Crippen LogP contribution in [0.2, 0.25) is 0 Å². The highest BCUT2D eigenvalue weighted by atomic mass is 32.2. The molecule has 7 N–H and O–H groups in total. The lowest BCUT2D eigenvalue weighted by Crippen LogP contribution is -2.70. The molecular formula is C22H27NO13S. The van der Waals surface area contributed by atoms with Crippen LogP contribution in [0.5, 0.6) is 0 Å². The van der Waals surface area contributed by atoms with Gasteiger partial charge in [-0.25, -0.2) is 4.79 Å². The molecule has 0 saturated carbocycles. The Hall–Kier alpha value is -2.76. The van der Waals surface area contributed by atoms with Crippen molar-refractivity contribution in [1.29, 1.82) is 0 Å². The Bertz CT molecular complexity index is 1020. The first-order valence-corrected chi connectivity index (χ1v) is 11.7. The number of carbonyl (C=O) groups excluding carboxylic acids is 5. The third kappa shape index (κ3) is 5.73. The van der Waals surface area contributed by atoms with Crippen LogP contribution in [0.25, 0.3) is 0 Å². The van der Waals surface area contributed by atoms with Crippen molar-refractivity contribution in [3.63, 3.8) is 0 Å². The number of carbonyl (C=O) groups is 5. The normalized spacial score (nSPS) is 26.7. The zero-order valence-electron chi connectivity index (χ0n) is 19.5. The number of hydrogen-bond donors (Lipinski definition) is 7. The SMILES string of the molecule is COC(=O)[C@H](CSC1O[C@H](C(O)C(=O)CO)[C@](O)(C(=O)CO)[C@]1(O)C(=O)CO)NC(=O)c1ccccc1. The largest absolute Gasteiger partial charge is 0.467 e. The van der Waals surface area contributed by atoms with Crippen molar-refractivity contribution in [3.8, 4) is 0 Å². The number of thioether (sulfide) groups is 1. The van der Waals surface area contributed by atoms with Gasteiger partial charge in [-0.05, 0) is 12.1 Å². The minimum absolute atomic E-state index is 0.180. The summed E-state index contributed by atoms with van der Waals surface area (Å²) >= 11 is 0.396. The van der Waals surface area contributed by atoms with E-state index >= 15 is 0 Å². The first kappa shape index (κ1) is 30.5. The molecule has 1 amide bonds. The molecule has 1 aliphatic heterocycles. The Morgan fingerprint density at radius 1 is 1.00 bits per heavy atom. The Morgan fingerprint density at radius 2 is 1.57 bits per heavy atom. The molecule has 15 heteroatoms. The van der Waals surface area contributed by atoms with Gasteiger partial charge < -0.3 is 45.4 Å². The van der Waals surface area contributed by atoms with Crippen LogP contribution in [0.15, 0.2) is 30.3 Å². The van der Waals surface area contributed by atoms with E-state index in [4.69, 9.17) is 9.84 Å². The van der Waals surface area contributed by atoms with Gasteiger partial charge in [0.05, 0.1) is 7.11 Å². The van der Waals surface area contributed by atoms with Gasteiger partial charge in [0.1, 0.15) is 43.5 Å². The molecule has 2 unspecified atom stereocenters. The molecule has 14 nitrogen and oxygen atoms in total. The van der Waals surface area contributed by atoms with Crippen LogP contribution in [0.4, 0.5) is 0 Å².